The lowest BCUT2D eigenvalue weighted by molar-refractivity contribution is 0.907. The fourth-order valence-corrected chi connectivity index (χ4v) is 1.76. The molecule has 0 spiro atoms. The molecule has 0 fully saturated rings. The fraction of sp³-hybridized carbons (Fsp3) is 0.125. The number of hydrogen-bond acceptors (Lipinski definition) is 1. The van der Waals surface area contributed by atoms with Gasteiger partial charge < -0.3 is 10.6 Å². The molecule has 1 aliphatic heterocycles. The van der Waals surface area contributed by atoms with E-state index in [2.05, 4.69) is 32.6 Å². The van der Waals surface area contributed by atoms with Crippen LogP contribution in [0.2, 0.25) is 0 Å². The third kappa shape index (κ3) is 1.44. The van der Waals surface area contributed by atoms with Crippen LogP contribution in [0, 0.1) is 0 Å². The van der Waals surface area contributed by atoms with Crippen LogP contribution in [0.3, 0.4) is 0 Å². The van der Waals surface area contributed by atoms with Crippen LogP contribution in [0.4, 0.5) is 5.69 Å². The van der Waals surface area contributed by atoms with Gasteiger partial charge in [0.2, 0.25) is 0 Å². The molecule has 0 bridgehead atoms. The maximum atomic E-state index is 4.98. The summed E-state index contributed by atoms with van der Waals surface area (Å²) in [5.41, 5.74) is 2.33. The number of halogens is 1. The van der Waals surface area contributed by atoms with Gasteiger partial charge in [0.05, 0.1) is 0 Å². The Morgan fingerprint density at radius 2 is 2.25 bits per heavy atom. The molecule has 2 N–H and O–H groups in total. The van der Waals surface area contributed by atoms with Gasteiger partial charge in [-0.2, -0.15) is 0 Å². The first kappa shape index (κ1) is 8.01. The molecule has 1 aromatic carbocycles. The summed E-state index contributed by atoms with van der Waals surface area (Å²) < 4.78 is 1.10. The summed E-state index contributed by atoms with van der Waals surface area (Å²) in [6, 6.07) is 6.10. The average Bonchev–Trinajstić information content (AvgIpc) is 2.05. The smallest absolute Gasteiger partial charge is 0.171 e. The highest BCUT2D eigenvalue weighted by molar-refractivity contribution is 9.10. The van der Waals surface area contributed by atoms with Gasteiger partial charge in [-0.3, -0.25) is 0 Å². The van der Waals surface area contributed by atoms with Crippen molar-refractivity contribution in [1.29, 1.82) is 0 Å². The topological polar surface area (TPSA) is 24.1 Å². The Bertz CT molecular complexity index is 338. The molecule has 62 valence electrons. The van der Waals surface area contributed by atoms with E-state index in [-0.39, 0.29) is 0 Å². The van der Waals surface area contributed by atoms with Crippen LogP contribution in [0.5, 0.6) is 0 Å². The molecule has 1 aromatic rings. The SMILES string of the molecule is S=C1NCc2cc(Br)ccc2N1. The number of anilines is 1. The van der Waals surface area contributed by atoms with E-state index in [1.54, 1.807) is 0 Å². The van der Waals surface area contributed by atoms with Gasteiger partial charge in [-0.15, -0.1) is 0 Å². The number of benzene rings is 1. The Labute approximate surface area is 84.5 Å². The van der Waals surface area contributed by atoms with E-state index in [1.807, 2.05) is 12.1 Å². The fourth-order valence-electron chi connectivity index (χ4n) is 1.17. The van der Waals surface area contributed by atoms with Gasteiger partial charge in [0.25, 0.3) is 0 Å². The highest BCUT2D eigenvalue weighted by atomic mass is 79.9. The van der Waals surface area contributed by atoms with Crippen molar-refractivity contribution < 1.29 is 0 Å². The van der Waals surface area contributed by atoms with Crippen LogP contribution in [-0.2, 0) is 6.54 Å². The van der Waals surface area contributed by atoms with Crippen LogP contribution >= 0.6 is 28.1 Å². The van der Waals surface area contributed by atoms with Crippen LogP contribution in [0.1, 0.15) is 5.56 Å². The van der Waals surface area contributed by atoms with Crippen LogP contribution < -0.4 is 10.6 Å². The van der Waals surface area contributed by atoms with Crippen LogP contribution in [0.15, 0.2) is 22.7 Å². The van der Waals surface area contributed by atoms with Crippen molar-refractivity contribution in [3.8, 4) is 0 Å². The minimum absolute atomic E-state index is 0.699. The molecule has 0 unspecified atom stereocenters. The standard InChI is InChI=1S/C8H7BrN2S/c9-6-1-2-7-5(3-6)4-10-8(12)11-7/h1-3H,4H2,(H2,10,11,12). The van der Waals surface area contributed by atoms with Crippen molar-refractivity contribution in [2.24, 2.45) is 0 Å². The third-order valence-corrected chi connectivity index (χ3v) is 2.49. The van der Waals surface area contributed by atoms with E-state index < -0.39 is 0 Å². The largest absolute Gasteiger partial charge is 0.358 e. The molecule has 4 heteroatoms. The summed E-state index contributed by atoms with van der Waals surface area (Å²) in [6.45, 7) is 0.806. The number of rotatable bonds is 0. The van der Waals surface area contributed by atoms with E-state index in [0.717, 1.165) is 16.7 Å². The molecule has 0 aromatic heterocycles. The second kappa shape index (κ2) is 3.03. The molecule has 0 saturated carbocycles. The van der Waals surface area contributed by atoms with Gasteiger partial charge in [-0.1, -0.05) is 15.9 Å². The summed E-state index contributed by atoms with van der Waals surface area (Å²) in [5.74, 6) is 0. The maximum absolute atomic E-state index is 4.98. The predicted octanol–water partition coefficient (Wildman–Crippen LogP) is 2.25. The first-order valence-corrected chi connectivity index (χ1v) is 4.79. The van der Waals surface area contributed by atoms with Gasteiger partial charge in [-0.05, 0) is 36.0 Å². The molecule has 0 aliphatic carbocycles. The van der Waals surface area contributed by atoms with Crippen molar-refractivity contribution in [3.63, 3.8) is 0 Å². The van der Waals surface area contributed by atoms with E-state index in [4.69, 9.17) is 12.2 Å². The molecule has 1 aliphatic rings. The highest BCUT2D eigenvalue weighted by Crippen LogP contribution is 2.22. The quantitative estimate of drug-likeness (QED) is 0.683. The van der Waals surface area contributed by atoms with Gasteiger partial charge >= 0.3 is 0 Å². The van der Waals surface area contributed by atoms with Gasteiger partial charge in [0.1, 0.15) is 0 Å². The lowest BCUT2D eigenvalue weighted by Gasteiger charge is -2.20. The molecule has 0 radical (unpaired) electrons. The second-order valence-corrected chi connectivity index (χ2v) is 3.93. The van der Waals surface area contributed by atoms with E-state index in [9.17, 15) is 0 Å². The van der Waals surface area contributed by atoms with Crippen molar-refractivity contribution >= 4 is 38.9 Å². The molecule has 2 nitrogen and oxygen atoms in total. The number of thiocarbonyl (C=S) groups is 1. The van der Waals surface area contributed by atoms with E-state index in [1.165, 1.54) is 5.56 Å². The average molecular weight is 243 g/mol. The Morgan fingerprint density at radius 3 is 3.08 bits per heavy atom. The predicted molar refractivity (Wildman–Crippen MR) is 57.2 cm³/mol. The van der Waals surface area contributed by atoms with Gasteiger partial charge in [0, 0.05) is 16.7 Å². The van der Waals surface area contributed by atoms with Crippen LogP contribution in [-0.4, -0.2) is 5.11 Å². The molecular formula is C8H7BrN2S. The van der Waals surface area contributed by atoms with E-state index in [0.29, 0.717) is 5.11 Å². The maximum Gasteiger partial charge on any atom is 0.171 e. The van der Waals surface area contributed by atoms with E-state index >= 15 is 0 Å². The normalized spacial score (nSPS) is 14.6. The number of fused-ring (bicyclic) bond motifs is 1. The highest BCUT2D eigenvalue weighted by Gasteiger charge is 2.10. The zero-order valence-electron chi connectivity index (χ0n) is 6.23. The zero-order chi connectivity index (χ0) is 8.55. The van der Waals surface area contributed by atoms with Crippen molar-refractivity contribution in [1.82, 2.24) is 5.32 Å². The molecule has 12 heavy (non-hydrogen) atoms. The number of nitrogens with one attached hydrogen (secondary N) is 2. The lowest BCUT2D eigenvalue weighted by Crippen LogP contribution is -2.32. The molecule has 2 rings (SSSR count). The summed E-state index contributed by atoms with van der Waals surface area (Å²) in [5, 5.41) is 6.85. The molecule has 0 amide bonds. The molecule has 0 atom stereocenters. The summed E-state index contributed by atoms with van der Waals surface area (Å²) >= 11 is 8.40. The monoisotopic (exact) mass is 242 g/mol. The van der Waals surface area contributed by atoms with Gasteiger partial charge in [-0.25, -0.2) is 0 Å². The summed E-state index contributed by atoms with van der Waals surface area (Å²) in [6.07, 6.45) is 0. The lowest BCUT2D eigenvalue weighted by atomic mass is 10.1. The van der Waals surface area contributed by atoms with Crippen molar-refractivity contribution in [3.05, 3.63) is 28.2 Å². The Balaban J connectivity index is 2.43. The summed E-state index contributed by atoms with van der Waals surface area (Å²) in [4.78, 5) is 0. The Hall–Kier alpha value is -0.610. The Kier molecular flexibility index (Phi) is 2.02. The zero-order valence-corrected chi connectivity index (χ0v) is 8.63. The Morgan fingerprint density at radius 1 is 1.42 bits per heavy atom. The van der Waals surface area contributed by atoms with Crippen molar-refractivity contribution in [2.45, 2.75) is 6.54 Å². The first-order valence-electron chi connectivity index (χ1n) is 3.59. The summed E-state index contributed by atoms with van der Waals surface area (Å²) in [7, 11) is 0. The van der Waals surface area contributed by atoms with Gasteiger partial charge in [0.15, 0.2) is 5.11 Å². The first-order chi connectivity index (χ1) is 5.75. The van der Waals surface area contributed by atoms with Crippen LogP contribution in [0.25, 0.3) is 0 Å². The molecular weight excluding hydrogens is 236 g/mol. The third-order valence-electron chi connectivity index (χ3n) is 1.75. The van der Waals surface area contributed by atoms with Crippen molar-refractivity contribution in [2.75, 3.05) is 5.32 Å². The molecule has 1 heterocycles. The molecule has 0 saturated heterocycles. The number of hydrogen-bond donors (Lipinski definition) is 2. The minimum atomic E-state index is 0.699. The second-order valence-electron chi connectivity index (χ2n) is 2.61. The minimum Gasteiger partial charge on any atom is -0.358 e.